The van der Waals surface area contributed by atoms with E-state index in [1.54, 1.807) is 4.31 Å². The third-order valence-electron chi connectivity index (χ3n) is 3.22. The highest BCUT2D eigenvalue weighted by atomic mass is 32.2. The molecule has 102 valence electrons. The molecule has 0 unspecified atom stereocenters. The van der Waals surface area contributed by atoms with Gasteiger partial charge in [-0.3, -0.25) is 0 Å². The second kappa shape index (κ2) is 5.81. The topological polar surface area (TPSA) is 78.1 Å². The van der Waals surface area contributed by atoms with Gasteiger partial charge < -0.3 is 10.3 Å². The molecular weight excluding hydrogens is 252 g/mol. The fourth-order valence-electron chi connectivity index (χ4n) is 2.32. The van der Waals surface area contributed by atoms with E-state index < -0.39 is 10.0 Å². The summed E-state index contributed by atoms with van der Waals surface area (Å²) in [5.74, 6) is 0. The minimum absolute atomic E-state index is 0.0968. The molecular formula is C11H20N4O2S. The van der Waals surface area contributed by atoms with Crippen molar-refractivity contribution in [2.45, 2.75) is 37.3 Å². The van der Waals surface area contributed by atoms with Gasteiger partial charge in [0.05, 0.1) is 12.5 Å². The standard InChI is InChI=1S/C11H20N4O2S/c1-2-7-15(10-3-5-12-6-4-10)18(16,17)11-8-13-9-14-11/h8-10,12H,2-7H2,1H3,(H,13,14). The Kier molecular flexibility index (Phi) is 4.36. The van der Waals surface area contributed by atoms with Crippen molar-refractivity contribution in [3.8, 4) is 0 Å². The summed E-state index contributed by atoms with van der Waals surface area (Å²) < 4.78 is 26.7. The molecule has 0 atom stereocenters. The number of aromatic nitrogens is 2. The molecule has 1 aromatic heterocycles. The monoisotopic (exact) mass is 272 g/mol. The Hall–Kier alpha value is -0.920. The number of piperidine rings is 1. The molecule has 1 fully saturated rings. The van der Waals surface area contributed by atoms with Crippen LogP contribution in [-0.4, -0.2) is 48.4 Å². The van der Waals surface area contributed by atoms with Crippen molar-refractivity contribution >= 4 is 10.0 Å². The van der Waals surface area contributed by atoms with Crippen molar-refractivity contribution in [1.82, 2.24) is 19.6 Å². The molecule has 2 heterocycles. The summed E-state index contributed by atoms with van der Waals surface area (Å²) in [5.41, 5.74) is 0. The molecule has 2 rings (SSSR count). The van der Waals surface area contributed by atoms with E-state index >= 15 is 0 Å². The van der Waals surface area contributed by atoms with Crippen LogP contribution in [0.1, 0.15) is 26.2 Å². The van der Waals surface area contributed by atoms with Crippen molar-refractivity contribution in [3.05, 3.63) is 12.5 Å². The molecule has 0 spiro atoms. The van der Waals surface area contributed by atoms with E-state index in [0.29, 0.717) is 6.54 Å². The van der Waals surface area contributed by atoms with E-state index in [9.17, 15) is 8.42 Å². The highest BCUT2D eigenvalue weighted by Crippen LogP contribution is 2.21. The fraction of sp³-hybridized carbons (Fsp3) is 0.727. The third kappa shape index (κ3) is 2.73. The molecule has 1 saturated heterocycles. The van der Waals surface area contributed by atoms with E-state index in [4.69, 9.17) is 0 Å². The van der Waals surface area contributed by atoms with E-state index in [-0.39, 0.29) is 11.1 Å². The van der Waals surface area contributed by atoms with E-state index in [1.165, 1.54) is 12.5 Å². The predicted molar refractivity (Wildman–Crippen MR) is 68.7 cm³/mol. The second-order valence-corrected chi connectivity index (χ2v) is 6.37. The van der Waals surface area contributed by atoms with Crippen LogP contribution in [0.3, 0.4) is 0 Å². The molecule has 0 saturated carbocycles. The highest BCUT2D eigenvalue weighted by molar-refractivity contribution is 7.89. The van der Waals surface area contributed by atoms with Gasteiger partial charge in [0.15, 0.2) is 5.03 Å². The Bertz CT molecular complexity index is 451. The number of hydrogen-bond acceptors (Lipinski definition) is 4. The van der Waals surface area contributed by atoms with Crippen LogP contribution in [0.5, 0.6) is 0 Å². The van der Waals surface area contributed by atoms with Crippen molar-refractivity contribution in [1.29, 1.82) is 0 Å². The van der Waals surface area contributed by atoms with Gasteiger partial charge in [0.1, 0.15) is 0 Å². The van der Waals surface area contributed by atoms with Gasteiger partial charge in [0, 0.05) is 12.6 Å². The maximum absolute atomic E-state index is 12.5. The van der Waals surface area contributed by atoms with Crippen LogP contribution in [0, 0.1) is 0 Å². The molecule has 6 nitrogen and oxygen atoms in total. The molecule has 18 heavy (non-hydrogen) atoms. The molecule has 0 radical (unpaired) electrons. The predicted octanol–water partition coefficient (Wildman–Crippen LogP) is 0.562. The van der Waals surface area contributed by atoms with Gasteiger partial charge in [-0.2, -0.15) is 4.31 Å². The van der Waals surface area contributed by atoms with Gasteiger partial charge >= 0.3 is 0 Å². The van der Waals surface area contributed by atoms with Gasteiger partial charge in [-0.05, 0) is 32.4 Å². The van der Waals surface area contributed by atoms with E-state index in [2.05, 4.69) is 15.3 Å². The Morgan fingerprint density at radius 1 is 1.44 bits per heavy atom. The minimum atomic E-state index is -3.43. The third-order valence-corrected chi connectivity index (χ3v) is 5.10. The van der Waals surface area contributed by atoms with Crippen molar-refractivity contribution < 1.29 is 8.42 Å². The molecule has 0 bridgehead atoms. The van der Waals surface area contributed by atoms with Crippen molar-refractivity contribution in [3.63, 3.8) is 0 Å². The smallest absolute Gasteiger partial charge is 0.260 e. The Balaban J connectivity index is 2.23. The molecule has 0 aromatic carbocycles. The van der Waals surface area contributed by atoms with Crippen LogP contribution >= 0.6 is 0 Å². The van der Waals surface area contributed by atoms with Crippen LogP contribution in [-0.2, 0) is 10.0 Å². The first kappa shape index (κ1) is 13.5. The average Bonchev–Trinajstić information content (AvgIpc) is 2.91. The summed E-state index contributed by atoms with van der Waals surface area (Å²) in [6, 6.07) is 0.0968. The van der Waals surface area contributed by atoms with Crippen LogP contribution in [0.25, 0.3) is 0 Å². The Morgan fingerprint density at radius 2 is 2.17 bits per heavy atom. The first-order valence-corrected chi connectivity index (χ1v) is 7.81. The summed E-state index contributed by atoms with van der Waals surface area (Å²) in [5, 5.41) is 3.45. The number of nitrogens with one attached hydrogen (secondary N) is 2. The van der Waals surface area contributed by atoms with Crippen LogP contribution in [0.2, 0.25) is 0 Å². The molecule has 1 aliphatic heterocycles. The van der Waals surface area contributed by atoms with Crippen LogP contribution < -0.4 is 5.32 Å². The van der Waals surface area contributed by atoms with Gasteiger partial charge in [0.2, 0.25) is 0 Å². The normalized spacial score (nSPS) is 18.3. The second-order valence-electron chi connectivity index (χ2n) is 4.51. The summed E-state index contributed by atoms with van der Waals surface area (Å²) in [6.45, 7) is 4.31. The lowest BCUT2D eigenvalue weighted by molar-refractivity contribution is 0.262. The SMILES string of the molecule is CCCN(C1CCNCC1)S(=O)(=O)c1cnc[nH]1. The summed E-state index contributed by atoms with van der Waals surface area (Å²) in [4.78, 5) is 6.50. The van der Waals surface area contributed by atoms with Crippen LogP contribution in [0.4, 0.5) is 0 Å². The number of H-pyrrole nitrogens is 1. The zero-order valence-electron chi connectivity index (χ0n) is 10.6. The average molecular weight is 272 g/mol. The quantitative estimate of drug-likeness (QED) is 0.821. The van der Waals surface area contributed by atoms with Gasteiger partial charge in [-0.1, -0.05) is 6.92 Å². The molecule has 1 aliphatic rings. The zero-order valence-corrected chi connectivity index (χ0v) is 11.4. The Morgan fingerprint density at radius 3 is 2.72 bits per heavy atom. The fourth-order valence-corrected chi connectivity index (χ4v) is 4.00. The molecule has 1 aromatic rings. The number of imidazole rings is 1. The van der Waals surface area contributed by atoms with Crippen molar-refractivity contribution in [2.24, 2.45) is 0 Å². The zero-order chi connectivity index (χ0) is 13.0. The molecule has 7 heteroatoms. The summed E-state index contributed by atoms with van der Waals surface area (Å²) in [7, 11) is -3.43. The van der Waals surface area contributed by atoms with Gasteiger partial charge in [-0.25, -0.2) is 13.4 Å². The Labute approximate surface area is 108 Å². The number of sulfonamides is 1. The first-order valence-electron chi connectivity index (χ1n) is 6.37. The maximum atomic E-state index is 12.5. The highest BCUT2D eigenvalue weighted by Gasteiger charge is 2.32. The molecule has 0 aliphatic carbocycles. The molecule has 2 N–H and O–H groups in total. The minimum Gasteiger partial charge on any atom is -0.335 e. The first-order chi connectivity index (χ1) is 8.66. The summed E-state index contributed by atoms with van der Waals surface area (Å²) in [6.07, 6.45) is 5.33. The van der Waals surface area contributed by atoms with E-state index in [0.717, 1.165) is 32.4 Å². The summed E-state index contributed by atoms with van der Waals surface area (Å²) >= 11 is 0. The van der Waals surface area contributed by atoms with Gasteiger partial charge in [-0.15, -0.1) is 0 Å². The lowest BCUT2D eigenvalue weighted by Gasteiger charge is -2.33. The van der Waals surface area contributed by atoms with E-state index in [1.807, 2.05) is 6.92 Å². The van der Waals surface area contributed by atoms with Crippen molar-refractivity contribution in [2.75, 3.05) is 19.6 Å². The number of rotatable bonds is 5. The maximum Gasteiger partial charge on any atom is 0.260 e. The number of nitrogens with zero attached hydrogens (tertiary/aromatic N) is 2. The lowest BCUT2D eigenvalue weighted by Crippen LogP contribution is -2.46. The van der Waals surface area contributed by atoms with Gasteiger partial charge in [0.25, 0.3) is 10.0 Å². The molecule has 0 amide bonds. The number of aromatic amines is 1. The number of hydrogen-bond donors (Lipinski definition) is 2. The van der Waals surface area contributed by atoms with Crippen LogP contribution in [0.15, 0.2) is 17.6 Å². The largest absolute Gasteiger partial charge is 0.335 e. The lowest BCUT2D eigenvalue weighted by atomic mass is 10.1.